The van der Waals surface area contributed by atoms with Crippen molar-refractivity contribution < 1.29 is 31.4 Å². The van der Waals surface area contributed by atoms with E-state index >= 15 is 0 Å². The highest BCUT2D eigenvalue weighted by Gasteiger charge is 2.41. The van der Waals surface area contributed by atoms with Crippen LogP contribution in [0.1, 0.15) is 12.5 Å². The second kappa shape index (κ2) is 11.7. The van der Waals surface area contributed by atoms with E-state index in [-0.39, 0.29) is 55.1 Å². The fourth-order valence-corrected chi connectivity index (χ4v) is 3.06. The number of rotatable bonds is 6. The molecule has 1 saturated heterocycles. The number of nitrogens with zero attached hydrogens (tertiary/aromatic N) is 3. The molecule has 1 fully saturated rings. The number of alkyl halides is 5. The second-order valence-corrected chi connectivity index (χ2v) is 6.51. The molecule has 1 unspecified atom stereocenters. The van der Waals surface area contributed by atoms with Crippen molar-refractivity contribution in [3.8, 4) is 11.5 Å². The molecule has 1 heterocycles. The van der Waals surface area contributed by atoms with Crippen molar-refractivity contribution in [3.05, 3.63) is 23.8 Å². The average Bonchev–Trinajstić information content (AvgIpc) is 2.67. The first-order chi connectivity index (χ1) is 13.7. The molecule has 1 aliphatic rings. The van der Waals surface area contributed by atoms with Gasteiger partial charge in [0.1, 0.15) is 6.04 Å². The Morgan fingerprint density at radius 3 is 2.30 bits per heavy atom. The van der Waals surface area contributed by atoms with Crippen LogP contribution < -0.4 is 14.8 Å². The standard InChI is InChI=1S/C18H25F5N4O2.HI/c1-12(18(21,22)23)26-6-8-27(9-7-26)17(24-2)25-11-13-4-5-14(28-3)15(10-13)29-16(19)20;/h4-5,10,12,16H,6-9,11H2,1-3H3,(H,24,25);1H. The molecule has 0 bridgehead atoms. The summed E-state index contributed by atoms with van der Waals surface area (Å²) in [4.78, 5) is 7.42. The van der Waals surface area contributed by atoms with E-state index in [1.807, 2.05) is 4.90 Å². The topological polar surface area (TPSA) is 49.3 Å². The Morgan fingerprint density at radius 1 is 1.17 bits per heavy atom. The molecular weight excluding hydrogens is 526 g/mol. The number of nitrogens with one attached hydrogen (secondary N) is 1. The zero-order valence-corrected chi connectivity index (χ0v) is 19.2. The molecule has 0 amide bonds. The van der Waals surface area contributed by atoms with Crippen molar-refractivity contribution in [1.82, 2.24) is 15.1 Å². The van der Waals surface area contributed by atoms with Gasteiger partial charge < -0.3 is 19.7 Å². The highest BCUT2D eigenvalue weighted by molar-refractivity contribution is 14.0. The number of benzene rings is 1. The van der Waals surface area contributed by atoms with Crippen molar-refractivity contribution >= 4 is 29.9 Å². The molecule has 1 atom stereocenters. The molecule has 1 N–H and O–H groups in total. The monoisotopic (exact) mass is 552 g/mol. The summed E-state index contributed by atoms with van der Waals surface area (Å²) in [6.07, 6.45) is -4.26. The molecule has 6 nitrogen and oxygen atoms in total. The molecule has 0 aromatic heterocycles. The molecule has 1 aromatic carbocycles. The van der Waals surface area contributed by atoms with E-state index in [1.54, 1.807) is 13.1 Å². The molecule has 172 valence electrons. The lowest BCUT2D eigenvalue weighted by molar-refractivity contribution is -0.181. The van der Waals surface area contributed by atoms with Crippen LogP contribution in [0.15, 0.2) is 23.2 Å². The maximum atomic E-state index is 12.9. The largest absolute Gasteiger partial charge is 0.493 e. The molecule has 0 spiro atoms. The van der Waals surface area contributed by atoms with Crippen molar-refractivity contribution in [1.29, 1.82) is 0 Å². The van der Waals surface area contributed by atoms with Gasteiger partial charge in [0.25, 0.3) is 0 Å². The third-order valence-electron chi connectivity index (χ3n) is 4.74. The van der Waals surface area contributed by atoms with E-state index < -0.39 is 18.8 Å². The maximum absolute atomic E-state index is 12.9. The Hall–Kier alpha value is -1.57. The first kappa shape index (κ1) is 26.5. The lowest BCUT2D eigenvalue weighted by Crippen LogP contribution is -2.56. The summed E-state index contributed by atoms with van der Waals surface area (Å²) in [5.41, 5.74) is 0.659. The SMILES string of the molecule is CN=C(NCc1ccc(OC)c(OC(F)F)c1)N1CCN(C(C)C(F)(F)F)CC1.I. The summed E-state index contributed by atoms with van der Waals surface area (Å²) in [7, 11) is 2.93. The van der Waals surface area contributed by atoms with Crippen LogP contribution >= 0.6 is 24.0 Å². The van der Waals surface area contributed by atoms with Crippen LogP contribution in [0.5, 0.6) is 11.5 Å². The van der Waals surface area contributed by atoms with Gasteiger partial charge in [0.05, 0.1) is 7.11 Å². The van der Waals surface area contributed by atoms with Crippen LogP contribution in [-0.4, -0.2) is 74.9 Å². The molecule has 30 heavy (non-hydrogen) atoms. The predicted molar refractivity (Wildman–Crippen MR) is 114 cm³/mol. The number of piperazine rings is 1. The number of hydrogen-bond acceptors (Lipinski definition) is 4. The van der Waals surface area contributed by atoms with Gasteiger partial charge in [-0.15, -0.1) is 24.0 Å². The highest BCUT2D eigenvalue weighted by Crippen LogP contribution is 2.29. The van der Waals surface area contributed by atoms with Crippen LogP contribution in [0.3, 0.4) is 0 Å². The fourth-order valence-electron chi connectivity index (χ4n) is 3.06. The van der Waals surface area contributed by atoms with Crippen molar-refractivity contribution in [2.75, 3.05) is 40.3 Å². The van der Waals surface area contributed by atoms with Gasteiger partial charge in [-0.25, -0.2) is 0 Å². The summed E-state index contributed by atoms with van der Waals surface area (Å²) in [6, 6.07) is 3.16. The Kier molecular flexibility index (Phi) is 10.3. The molecule has 12 heteroatoms. The fraction of sp³-hybridized carbons (Fsp3) is 0.611. The third kappa shape index (κ3) is 7.29. The molecule has 0 radical (unpaired) electrons. The lowest BCUT2D eigenvalue weighted by atomic mass is 10.2. The Bertz CT molecular complexity index is 698. The van der Waals surface area contributed by atoms with E-state index in [0.29, 0.717) is 24.6 Å². The Morgan fingerprint density at radius 2 is 1.80 bits per heavy atom. The van der Waals surface area contributed by atoms with Crippen molar-refractivity contribution in [2.45, 2.75) is 32.3 Å². The predicted octanol–water partition coefficient (Wildman–Crippen LogP) is 3.56. The zero-order valence-electron chi connectivity index (χ0n) is 16.9. The van der Waals surface area contributed by atoms with Gasteiger partial charge in [0, 0.05) is 39.8 Å². The Balaban J connectivity index is 0.00000450. The number of halogens is 6. The zero-order chi connectivity index (χ0) is 21.6. The molecular formula is C18H26F5IN4O2. The van der Waals surface area contributed by atoms with Gasteiger partial charge >= 0.3 is 12.8 Å². The quantitative estimate of drug-likeness (QED) is 0.253. The van der Waals surface area contributed by atoms with Gasteiger partial charge in [-0.2, -0.15) is 22.0 Å². The van der Waals surface area contributed by atoms with Gasteiger partial charge in [0.15, 0.2) is 17.5 Å². The Labute approximate surface area is 189 Å². The summed E-state index contributed by atoms with van der Waals surface area (Å²) >= 11 is 0. The van der Waals surface area contributed by atoms with Crippen LogP contribution in [-0.2, 0) is 6.54 Å². The van der Waals surface area contributed by atoms with Crippen molar-refractivity contribution in [2.24, 2.45) is 4.99 Å². The first-order valence-corrected chi connectivity index (χ1v) is 9.03. The van der Waals surface area contributed by atoms with E-state index in [4.69, 9.17) is 4.74 Å². The first-order valence-electron chi connectivity index (χ1n) is 9.03. The molecule has 2 rings (SSSR count). The number of hydrogen-bond donors (Lipinski definition) is 1. The minimum Gasteiger partial charge on any atom is -0.493 e. The summed E-state index contributed by atoms with van der Waals surface area (Å²) in [6.45, 7) is -0.242. The molecule has 0 aliphatic carbocycles. The second-order valence-electron chi connectivity index (χ2n) is 6.51. The third-order valence-corrected chi connectivity index (χ3v) is 4.74. The maximum Gasteiger partial charge on any atom is 0.403 e. The van der Waals surface area contributed by atoms with Crippen LogP contribution in [0, 0.1) is 0 Å². The smallest absolute Gasteiger partial charge is 0.403 e. The summed E-state index contributed by atoms with van der Waals surface area (Å²) < 4.78 is 73.2. The van der Waals surface area contributed by atoms with Crippen LogP contribution in [0.25, 0.3) is 0 Å². The number of methoxy groups -OCH3 is 1. The van der Waals surface area contributed by atoms with Gasteiger partial charge in [-0.1, -0.05) is 6.07 Å². The lowest BCUT2D eigenvalue weighted by Gasteiger charge is -2.39. The summed E-state index contributed by atoms with van der Waals surface area (Å²) in [5, 5.41) is 3.10. The minimum absolute atomic E-state index is 0. The van der Waals surface area contributed by atoms with E-state index in [1.165, 1.54) is 24.1 Å². The molecule has 1 aromatic rings. The van der Waals surface area contributed by atoms with Gasteiger partial charge in [-0.3, -0.25) is 9.89 Å². The van der Waals surface area contributed by atoms with Gasteiger partial charge in [-0.05, 0) is 24.6 Å². The van der Waals surface area contributed by atoms with E-state index in [9.17, 15) is 22.0 Å². The normalized spacial score (nSPS) is 16.8. The number of ether oxygens (including phenoxy) is 2. The van der Waals surface area contributed by atoms with Crippen LogP contribution in [0.4, 0.5) is 22.0 Å². The minimum atomic E-state index is -4.26. The average molecular weight is 552 g/mol. The van der Waals surface area contributed by atoms with Crippen LogP contribution in [0.2, 0.25) is 0 Å². The van der Waals surface area contributed by atoms with E-state index in [2.05, 4.69) is 15.0 Å². The van der Waals surface area contributed by atoms with Crippen molar-refractivity contribution in [3.63, 3.8) is 0 Å². The van der Waals surface area contributed by atoms with E-state index in [0.717, 1.165) is 6.92 Å². The number of aliphatic imine (C=N–C) groups is 1. The number of guanidine groups is 1. The van der Waals surface area contributed by atoms with Gasteiger partial charge in [0.2, 0.25) is 0 Å². The molecule has 1 aliphatic heterocycles. The molecule has 0 saturated carbocycles. The summed E-state index contributed by atoms with van der Waals surface area (Å²) in [5.74, 6) is 0.635. The highest BCUT2D eigenvalue weighted by atomic mass is 127.